The molecule has 4 rings (SSSR count). The largest absolute Gasteiger partial charge is 0.460 e. The van der Waals surface area contributed by atoms with Gasteiger partial charge in [0.2, 0.25) is 0 Å². The van der Waals surface area contributed by atoms with E-state index < -0.39 is 11.6 Å². The molecule has 1 aliphatic heterocycles. The number of hydrogen-bond acceptors (Lipinski definition) is 4. The Balaban J connectivity index is 1.46. The molecule has 4 fully saturated rings. The minimum atomic E-state index is -1.32. The van der Waals surface area contributed by atoms with Crippen LogP contribution in [0.2, 0.25) is 0 Å². The molecule has 0 amide bonds. The number of carbonyl (C=O) groups is 1. The van der Waals surface area contributed by atoms with Gasteiger partial charge in [0.05, 0.1) is 6.10 Å². The number of allylic oxidation sites excluding steroid dienone is 4. The van der Waals surface area contributed by atoms with E-state index in [1.807, 2.05) is 0 Å². The summed E-state index contributed by atoms with van der Waals surface area (Å²) in [5.74, 6) is 1.23. The summed E-state index contributed by atoms with van der Waals surface area (Å²) in [6, 6.07) is 0. The molecule has 31 heavy (non-hydrogen) atoms. The number of esters is 1. The molecule has 172 valence electrons. The SMILES string of the molecule is C=C1CC[C@@H](O)C/C1=C\C=C1/CCC[C@]2(C)[C@@H]([C@H](C)C[C@@H]3C[C@@](C)(O)C(=O)O3)CC[C@@H]12. The van der Waals surface area contributed by atoms with Gasteiger partial charge in [-0.25, -0.2) is 4.79 Å². The van der Waals surface area contributed by atoms with Crippen molar-refractivity contribution >= 4 is 5.97 Å². The van der Waals surface area contributed by atoms with Gasteiger partial charge in [0.1, 0.15) is 6.10 Å². The Labute approximate surface area is 187 Å². The van der Waals surface area contributed by atoms with Gasteiger partial charge < -0.3 is 14.9 Å². The number of aliphatic hydroxyl groups is 2. The zero-order chi connectivity index (χ0) is 22.4. The van der Waals surface area contributed by atoms with Gasteiger partial charge >= 0.3 is 5.97 Å². The highest BCUT2D eigenvalue weighted by atomic mass is 16.6. The molecule has 4 nitrogen and oxygen atoms in total. The Morgan fingerprint density at radius 2 is 2.00 bits per heavy atom. The number of rotatable bonds is 4. The second-order valence-electron chi connectivity index (χ2n) is 11.2. The molecule has 3 saturated carbocycles. The molecule has 0 bridgehead atoms. The first-order valence-electron chi connectivity index (χ1n) is 12.3. The molecule has 3 aliphatic carbocycles. The highest BCUT2D eigenvalue weighted by Gasteiger charge is 2.52. The van der Waals surface area contributed by atoms with Crippen LogP contribution in [-0.4, -0.2) is 34.0 Å². The van der Waals surface area contributed by atoms with E-state index >= 15 is 0 Å². The average molecular weight is 429 g/mol. The van der Waals surface area contributed by atoms with Crippen molar-refractivity contribution in [2.75, 3.05) is 0 Å². The van der Waals surface area contributed by atoms with Gasteiger partial charge in [-0.1, -0.05) is 43.7 Å². The number of ether oxygens (including phenoxy) is 1. The quantitative estimate of drug-likeness (QED) is 0.600. The van der Waals surface area contributed by atoms with Gasteiger partial charge in [-0.2, -0.15) is 0 Å². The van der Waals surface area contributed by atoms with Crippen LogP contribution in [0.4, 0.5) is 0 Å². The lowest BCUT2D eigenvalue weighted by Crippen LogP contribution is -2.36. The van der Waals surface area contributed by atoms with Crippen LogP contribution in [0, 0.1) is 23.2 Å². The Bertz CT molecular complexity index is 791. The van der Waals surface area contributed by atoms with Crippen LogP contribution in [-0.2, 0) is 9.53 Å². The van der Waals surface area contributed by atoms with Crippen LogP contribution >= 0.6 is 0 Å². The molecule has 0 radical (unpaired) electrons. The topological polar surface area (TPSA) is 66.8 Å². The lowest BCUT2D eigenvalue weighted by atomic mass is 9.60. The van der Waals surface area contributed by atoms with Crippen molar-refractivity contribution in [3.8, 4) is 0 Å². The lowest BCUT2D eigenvalue weighted by Gasteiger charge is -2.44. The summed E-state index contributed by atoms with van der Waals surface area (Å²) in [5.41, 5.74) is 2.93. The van der Waals surface area contributed by atoms with Gasteiger partial charge in [-0.3, -0.25) is 0 Å². The normalized spacial score (nSPS) is 44.5. The molecule has 7 atom stereocenters. The van der Waals surface area contributed by atoms with Crippen molar-refractivity contribution in [3.05, 3.63) is 35.5 Å². The second-order valence-corrected chi connectivity index (χ2v) is 11.2. The van der Waals surface area contributed by atoms with Crippen LogP contribution in [0.15, 0.2) is 35.5 Å². The first-order valence-corrected chi connectivity index (χ1v) is 12.3. The van der Waals surface area contributed by atoms with Crippen LogP contribution in [0.1, 0.15) is 85.0 Å². The minimum Gasteiger partial charge on any atom is -0.460 e. The number of carbonyl (C=O) groups excluding carboxylic acids is 1. The van der Waals surface area contributed by atoms with Crippen LogP contribution in [0.3, 0.4) is 0 Å². The van der Waals surface area contributed by atoms with E-state index in [1.165, 1.54) is 43.3 Å². The van der Waals surface area contributed by atoms with Crippen molar-refractivity contribution in [2.45, 2.75) is 103 Å². The van der Waals surface area contributed by atoms with Gasteiger partial charge in [0.25, 0.3) is 0 Å². The van der Waals surface area contributed by atoms with E-state index in [9.17, 15) is 15.0 Å². The zero-order valence-electron chi connectivity index (χ0n) is 19.5. The van der Waals surface area contributed by atoms with Gasteiger partial charge in [0, 0.05) is 6.42 Å². The smallest absolute Gasteiger partial charge is 0.338 e. The van der Waals surface area contributed by atoms with Gasteiger partial charge in [-0.05, 0) is 93.5 Å². The predicted octanol–water partition coefficient (Wildman–Crippen LogP) is 5.25. The first kappa shape index (κ1) is 22.8. The summed E-state index contributed by atoms with van der Waals surface area (Å²) in [6.07, 6.45) is 14.0. The second kappa shape index (κ2) is 8.51. The predicted molar refractivity (Wildman–Crippen MR) is 122 cm³/mol. The maximum Gasteiger partial charge on any atom is 0.338 e. The first-order chi connectivity index (χ1) is 14.6. The third-order valence-electron chi connectivity index (χ3n) is 8.89. The number of cyclic esters (lactones) is 1. The maximum absolute atomic E-state index is 11.9. The summed E-state index contributed by atoms with van der Waals surface area (Å²) < 4.78 is 5.48. The van der Waals surface area contributed by atoms with Gasteiger partial charge in [0.15, 0.2) is 5.60 Å². The summed E-state index contributed by atoms with van der Waals surface area (Å²) in [7, 11) is 0. The maximum atomic E-state index is 11.9. The van der Waals surface area contributed by atoms with Crippen LogP contribution in [0.5, 0.6) is 0 Å². The molecule has 0 aromatic rings. The van der Waals surface area contributed by atoms with E-state index in [0.29, 0.717) is 24.2 Å². The van der Waals surface area contributed by atoms with Crippen molar-refractivity contribution < 1.29 is 19.7 Å². The van der Waals surface area contributed by atoms with E-state index in [-0.39, 0.29) is 17.6 Å². The van der Waals surface area contributed by atoms with E-state index in [2.05, 4.69) is 32.6 Å². The van der Waals surface area contributed by atoms with Crippen LogP contribution < -0.4 is 0 Å². The number of aliphatic hydroxyl groups excluding tert-OH is 1. The fraction of sp³-hybridized carbons (Fsp3) is 0.741. The molecule has 2 N–H and O–H groups in total. The Hall–Kier alpha value is -1.39. The Morgan fingerprint density at radius 3 is 2.71 bits per heavy atom. The molecule has 1 heterocycles. The molecule has 4 heteroatoms. The molecule has 0 aromatic heterocycles. The van der Waals surface area contributed by atoms with E-state index in [0.717, 1.165) is 25.7 Å². The summed E-state index contributed by atoms with van der Waals surface area (Å²) in [4.78, 5) is 11.9. The molecular weight excluding hydrogens is 388 g/mol. The zero-order valence-corrected chi connectivity index (χ0v) is 19.5. The third-order valence-corrected chi connectivity index (χ3v) is 8.89. The molecular formula is C27H40O4. The van der Waals surface area contributed by atoms with E-state index in [1.54, 1.807) is 12.5 Å². The highest BCUT2D eigenvalue weighted by Crippen LogP contribution is 2.60. The van der Waals surface area contributed by atoms with Crippen LogP contribution in [0.25, 0.3) is 0 Å². The summed E-state index contributed by atoms with van der Waals surface area (Å²) in [6.45, 7) is 10.6. The van der Waals surface area contributed by atoms with Crippen molar-refractivity contribution in [2.24, 2.45) is 23.2 Å². The van der Waals surface area contributed by atoms with Crippen molar-refractivity contribution in [1.82, 2.24) is 0 Å². The van der Waals surface area contributed by atoms with E-state index in [4.69, 9.17) is 4.74 Å². The molecule has 1 saturated heterocycles. The average Bonchev–Trinajstić information content (AvgIpc) is 3.17. The lowest BCUT2D eigenvalue weighted by molar-refractivity contribution is -0.154. The fourth-order valence-corrected chi connectivity index (χ4v) is 7.17. The Morgan fingerprint density at radius 1 is 1.23 bits per heavy atom. The molecule has 0 spiro atoms. The number of fused-ring (bicyclic) bond motifs is 1. The van der Waals surface area contributed by atoms with Crippen molar-refractivity contribution in [3.63, 3.8) is 0 Å². The van der Waals surface area contributed by atoms with Gasteiger partial charge in [-0.15, -0.1) is 0 Å². The third kappa shape index (κ3) is 4.43. The number of hydrogen-bond donors (Lipinski definition) is 2. The standard InChI is InChI=1S/C27H40O4/c1-17-7-10-21(28)15-20(17)9-8-19-6-5-13-26(3)23(11-12-24(19)26)18(2)14-22-16-27(4,30)25(29)31-22/h8-9,18,21-24,28,30H,1,5-7,10-16H2,2-4H3/b19-8+,20-9+/t18-,21-,22-,23-,24+,26-,27-/m1/s1. The Kier molecular flexibility index (Phi) is 6.26. The molecule has 0 unspecified atom stereocenters. The summed E-state index contributed by atoms with van der Waals surface area (Å²) >= 11 is 0. The molecule has 4 aliphatic rings. The molecule has 0 aromatic carbocycles. The fourth-order valence-electron chi connectivity index (χ4n) is 7.17. The monoisotopic (exact) mass is 428 g/mol. The summed E-state index contributed by atoms with van der Waals surface area (Å²) in [5, 5.41) is 20.2. The minimum absolute atomic E-state index is 0.160. The van der Waals surface area contributed by atoms with Crippen molar-refractivity contribution in [1.29, 1.82) is 0 Å². The highest BCUT2D eigenvalue weighted by molar-refractivity contribution is 5.80.